The molecule has 1 N–H and O–H groups in total. The Hall–Kier alpha value is -3.11. The first-order valence-electron chi connectivity index (χ1n) is 11.7. The van der Waals surface area contributed by atoms with Crippen molar-refractivity contribution in [3.63, 3.8) is 0 Å². The normalized spacial score (nSPS) is 18.5. The monoisotopic (exact) mass is 425 g/mol. The largest absolute Gasteiger partial charge is 0.369 e. The van der Waals surface area contributed by atoms with Gasteiger partial charge in [-0.3, -0.25) is 4.79 Å². The fourth-order valence-electron chi connectivity index (χ4n) is 4.93. The highest BCUT2D eigenvalue weighted by molar-refractivity contribution is 5.97. The van der Waals surface area contributed by atoms with Gasteiger partial charge in [-0.25, -0.2) is 0 Å². The van der Waals surface area contributed by atoms with Gasteiger partial charge in [0.15, 0.2) is 0 Å². The molecular weight excluding hydrogens is 394 g/mol. The molecule has 0 radical (unpaired) electrons. The molecule has 3 aromatic rings. The highest BCUT2D eigenvalue weighted by Crippen LogP contribution is 2.41. The van der Waals surface area contributed by atoms with E-state index in [0.717, 1.165) is 43.9 Å². The number of piperazine rings is 1. The lowest BCUT2D eigenvalue weighted by molar-refractivity contribution is -0.119. The van der Waals surface area contributed by atoms with Crippen LogP contribution >= 0.6 is 0 Å². The van der Waals surface area contributed by atoms with Crippen LogP contribution in [0.5, 0.6) is 0 Å². The summed E-state index contributed by atoms with van der Waals surface area (Å²) in [5.41, 5.74) is 7.37. The van der Waals surface area contributed by atoms with Crippen LogP contribution in [0.3, 0.4) is 0 Å². The molecule has 3 aromatic carbocycles. The van der Waals surface area contributed by atoms with Gasteiger partial charge in [0.05, 0.1) is 6.54 Å². The van der Waals surface area contributed by atoms with E-state index in [9.17, 15) is 4.79 Å². The van der Waals surface area contributed by atoms with Crippen LogP contribution in [0.2, 0.25) is 0 Å². The predicted molar refractivity (Wildman–Crippen MR) is 131 cm³/mol. The molecule has 0 aromatic heterocycles. The molecule has 0 spiro atoms. The topological polar surface area (TPSA) is 35.6 Å². The number of anilines is 2. The molecule has 1 atom stereocenters. The molecule has 1 saturated heterocycles. The Labute approximate surface area is 190 Å². The van der Waals surface area contributed by atoms with E-state index in [1.807, 2.05) is 23.1 Å². The number of benzene rings is 3. The molecular formula is C28H31N3O. The molecule has 2 aliphatic heterocycles. The van der Waals surface area contributed by atoms with Crippen LogP contribution in [0.1, 0.15) is 34.6 Å². The van der Waals surface area contributed by atoms with Gasteiger partial charge in [0.25, 0.3) is 0 Å². The zero-order valence-electron chi connectivity index (χ0n) is 18.8. The van der Waals surface area contributed by atoms with Gasteiger partial charge >= 0.3 is 0 Å². The van der Waals surface area contributed by atoms with Crippen LogP contribution in [0.25, 0.3) is 0 Å². The number of carbonyl (C=O) groups is 1. The zero-order chi connectivity index (χ0) is 21.9. The Kier molecular flexibility index (Phi) is 5.95. The first-order chi connectivity index (χ1) is 15.7. The first kappa shape index (κ1) is 20.8. The summed E-state index contributed by atoms with van der Waals surface area (Å²) in [6, 6.07) is 25.8. The van der Waals surface area contributed by atoms with Gasteiger partial charge in [0.1, 0.15) is 0 Å². The maximum Gasteiger partial charge on any atom is 0.227 e. The van der Waals surface area contributed by atoms with Crippen LogP contribution in [0.15, 0.2) is 72.8 Å². The Morgan fingerprint density at radius 1 is 0.906 bits per heavy atom. The number of amides is 1. The Morgan fingerprint density at radius 2 is 1.66 bits per heavy atom. The number of nitrogens with zero attached hydrogens (tertiary/aromatic N) is 2. The number of aryl methyl sites for hydroxylation is 1. The SMILES string of the molecule is Cc1ccc(CC2CC(=O)N(Cc3ccccc3)c3ccc(N4CCNCC4)cc32)cc1. The minimum atomic E-state index is 0.204. The van der Waals surface area contributed by atoms with Crippen molar-refractivity contribution in [2.75, 3.05) is 36.0 Å². The lowest BCUT2D eigenvalue weighted by Gasteiger charge is -2.36. The standard InChI is InChI=1S/C28H31N3O/c1-21-7-9-22(10-8-21)17-24-18-28(32)31(20-23-5-3-2-4-6-23)27-12-11-25(19-26(24)27)30-15-13-29-14-16-30/h2-12,19,24,29H,13-18,20H2,1H3. The van der Waals surface area contributed by atoms with Crippen LogP contribution in [-0.4, -0.2) is 32.1 Å². The summed E-state index contributed by atoms with van der Waals surface area (Å²) in [7, 11) is 0. The van der Waals surface area contributed by atoms with E-state index in [0.29, 0.717) is 13.0 Å². The van der Waals surface area contributed by atoms with E-state index in [4.69, 9.17) is 0 Å². The molecule has 1 fully saturated rings. The summed E-state index contributed by atoms with van der Waals surface area (Å²) in [5, 5.41) is 3.44. The number of rotatable bonds is 5. The van der Waals surface area contributed by atoms with Crippen molar-refractivity contribution < 1.29 is 4.79 Å². The maximum absolute atomic E-state index is 13.3. The molecule has 32 heavy (non-hydrogen) atoms. The summed E-state index contributed by atoms with van der Waals surface area (Å²) in [5.74, 6) is 0.420. The Morgan fingerprint density at radius 3 is 2.41 bits per heavy atom. The molecule has 0 saturated carbocycles. The highest BCUT2D eigenvalue weighted by Gasteiger charge is 2.32. The third kappa shape index (κ3) is 4.42. The molecule has 2 aliphatic rings. The second-order valence-corrected chi connectivity index (χ2v) is 9.04. The summed E-state index contributed by atoms with van der Waals surface area (Å²) < 4.78 is 0. The molecule has 1 amide bonds. The van der Waals surface area contributed by atoms with Crippen molar-refractivity contribution in [3.8, 4) is 0 Å². The molecule has 0 bridgehead atoms. The summed E-state index contributed by atoms with van der Waals surface area (Å²) >= 11 is 0. The van der Waals surface area contributed by atoms with Gasteiger partial charge in [-0.15, -0.1) is 0 Å². The lowest BCUT2D eigenvalue weighted by Crippen LogP contribution is -2.43. The van der Waals surface area contributed by atoms with E-state index in [2.05, 4.69) is 71.7 Å². The average molecular weight is 426 g/mol. The number of hydrogen-bond acceptors (Lipinski definition) is 3. The quantitative estimate of drug-likeness (QED) is 0.645. The van der Waals surface area contributed by atoms with Gasteiger partial charge in [-0.05, 0) is 54.2 Å². The van der Waals surface area contributed by atoms with Gasteiger partial charge in [0.2, 0.25) is 5.91 Å². The second kappa shape index (κ2) is 9.17. The zero-order valence-corrected chi connectivity index (χ0v) is 18.8. The van der Waals surface area contributed by atoms with E-state index in [1.54, 1.807) is 0 Å². The Balaban J connectivity index is 1.50. The minimum absolute atomic E-state index is 0.204. The predicted octanol–water partition coefficient (Wildman–Crippen LogP) is 4.67. The molecule has 5 rings (SSSR count). The fraction of sp³-hybridized carbons (Fsp3) is 0.321. The third-order valence-corrected chi connectivity index (χ3v) is 6.73. The van der Waals surface area contributed by atoms with Crippen LogP contribution in [0.4, 0.5) is 11.4 Å². The minimum Gasteiger partial charge on any atom is -0.369 e. The molecule has 2 heterocycles. The summed E-state index contributed by atoms with van der Waals surface area (Å²) in [6.07, 6.45) is 1.45. The van der Waals surface area contributed by atoms with Crippen LogP contribution in [-0.2, 0) is 17.8 Å². The maximum atomic E-state index is 13.3. The highest BCUT2D eigenvalue weighted by atomic mass is 16.2. The number of hydrogen-bond donors (Lipinski definition) is 1. The number of nitrogens with one attached hydrogen (secondary N) is 1. The van der Waals surface area contributed by atoms with Crippen molar-refractivity contribution in [3.05, 3.63) is 95.1 Å². The number of fused-ring (bicyclic) bond motifs is 1. The van der Waals surface area contributed by atoms with Crippen molar-refractivity contribution in [1.29, 1.82) is 0 Å². The molecule has 164 valence electrons. The van der Waals surface area contributed by atoms with Gasteiger partial charge in [0, 0.05) is 44.0 Å². The van der Waals surface area contributed by atoms with E-state index < -0.39 is 0 Å². The summed E-state index contributed by atoms with van der Waals surface area (Å²) in [4.78, 5) is 17.7. The van der Waals surface area contributed by atoms with E-state index >= 15 is 0 Å². The van der Waals surface area contributed by atoms with Crippen molar-refractivity contribution in [1.82, 2.24) is 5.32 Å². The van der Waals surface area contributed by atoms with Gasteiger partial charge in [-0.2, -0.15) is 0 Å². The van der Waals surface area contributed by atoms with Crippen LogP contribution < -0.4 is 15.1 Å². The average Bonchev–Trinajstić information content (AvgIpc) is 2.84. The second-order valence-electron chi connectivity index (χ2n) is 9.04. The van der Waals surface area contributed by atoms with E-state index in [1.165, 1.54) is 22.4 Å². The Bertz CT molecular complexity index is 1070. The summed E-state index contributed by atoms with van der Waals surface area (Å²) in [6.45, 7) is 6.81. The fourth-order valence-corrected chi connectivity index (χ4v) is 4.93. The van der Waals surface area contributed by atoms with Crippen molar-refractivity contribution in [2.45, 2.75) is 32.2 Å². The third-order valence-electron chi connectivity index (χ3n) is 6.73. The van der Waals surface area contributed by atoms with Crippen molar-refractivity contribution >= 4 is 17.3 Å². The van der Waals surface area contributed by atoms with Crippen molar-refractivity contribution in [2.24, 2.45) is 0 Å². The first-order valence-corrected chi connectivity index (χ1v) is 11.7. The van der Waals surface area contributed by atoms with Gasteiger partial charge < -0.3 is 15.1 Å². The molecule has 4 heteroatoms. The number of carbonyl (C=O) groups excluding carboxylic acids is 1. The molecule has 1 unspecified atom stereocenters. The lowest BCUT2D eigenvalue weighted by atomic mass is 9.84. The van der Waals surface area contributed by atoms with Crippen LogP contribution in [0, 0.1) is 6.92 Å². The molecule has 0 aliphatic carbocycles. The van der Waals surface area contributed by atoms with Gasteiger partial charge in [-0.1, -0.05) is 60.2 Å². The van der Waals surface area contributed by atoms with E-state index in [-0.39, 0.29) is 11.8 Å². The molecule has 4 nitrogen and oxygen atoms in total. The smallest absolute Gasteiger partial charge is 0.227 e.